The van der Waals surface area contributed by atoms with Crippen molar-refractivity contribution < 1.29 is 0 Å². The molecule has 0 saturated heterocycles. The summed E-state index contributed by atoms with van der Waals surface area (Å²) in [5, 5.41) is 7.07. The summed E-state index contributed by atoms with van der Waals surface area (Å²) in [5.74, 6) is 2.44. The number of para-hydroxylation sites is 2. The molecule has 16 rings (SSSR count). The van der Waals surface area contributed by atoms with E-state index in [1.807, 2.05) is 41.7 Å². The van der Waals surface area contributed by atoms with Gasteiger partial charge in [-0.2, -0.15) is 9.97 Å². The minimum absolute atomic E-state index is 0.286. The van der Waals surface area contributed by atoms with Crippen molar-refractivity contribution in [1.82, 2.24) is 34.1 Å². The Kier molecular flexibility index (Phi) is 9.71. The van der Waals surface area contributed by atoms with Gasteiger partial charge in [-0.05, 0) is 88.0 Å². The first-order valence-electron chi connectivity index (χ1n) is 26.4. The second-order valence-corrected chi connectivity index (χ2v) is 21.9. The van der Waals surface area contributed by atoms with Crippen LogP contribution in [-0.4, -0.2) is 34.1 Å². The van der Waals surface area contributed by atoms with Gasteiger partial charge in [0.25, 0.3) is 0 Å². The van der Waals surface area contributed by atoms with Gasteiger partial charge in [0.2, 0.25) is 11.9 Å². The number of hydrogen-bond donors (Lipinski definition) is 0. The lowest BCUT2D eigenvalue weighted by molar-refractivity contribution is 0.661. The summed E-state index contributed by atoms with van der Waals surface area (Å²) in [4.78, 5) is 26.7. The third-order valence-electron chi connectivity index (χ3n) is 16.0. The van der Waals surface area contributed by atoms with Crippen molar-refractivity contribution in [2.75, 3.05) is 0 Å². The van der Waals surface area contributed by atoms with Crippen LogP contribution in [0, 0.1) is 0 Å². The van der Waals surface area contributed by atoms with E-state index in [4.69, 9.17) is 24.9 Å². The number of hydrogen-bond acceptors (Lipinski definition) is 6. The van der Waals surface area contributed by atoms with E-state index in [0.29, 0.717) is 23.5 Å². The zero-order chi connectivity index (χ0) is 51.6. The number of thiophene rings is 1. The molecule has 0 radical (unpaired) electrons. The van der Waals surface area contributed by atoms with Gasteiger partial charge in [0.1, 0.15) is 0 Å². The number of benzene rings is 10. The molecule has 0 amide bonds. The van der Waals surface area contributed by atoms with Crippen LogP contribution in [0.5, 0.6) is 0 Å². The van der Waals surface area contributed by atoms with Crippen molar-refractivity contribution in [3.05, 3.63) is 248 Å². The quantitative estimate of drug-likeness (QED) is 0.159. The number of aromatic nitrogens is 7. The van der Waals surface area contributed by atoms with Crippen molar-refractivity contribution >= 4 is 75.1 Å². The van der Waals surface area contributed by atoms with E-state index in [9.17, 15) is 0 Å². The first kappa shape index (κ1) is 44.4. The largest absolute Gasteiger partial charge is 0.278 e. The van der Waals surface area contributed by atoms with Gasteiger partial charge in [0, 0.05) is 69.4 Å². The second-order valence-electron chi connectivity index (χ2n) is 20.8. The van der Waals surface area contributed by atoms with E-state index < -0.39 is 0 Å². The fraction of sp³-hybridized carbons (Fsp3) is 0.0429. The summed E-state index contributed by atoms with van der Waals surface area (Å²) in [6.45, 7) is 4.70. The molecule has 0 N–H and O–H groups in total. The monoisotopic (exact) mass is 1020 g/mol. The van der Waals surface area contributed by atoms with Crippen LogP contribution in [0.15, 0.2) is 237 Å². The Balaban J connectivity index is 0.849. The van der Waals surface area contributed by atoms with Crippen LogP contribution in [0.1, 0.15) is 25.0 Å². The number of rotatable bonds is 7. The van der Waals surface area contributed by atoms with Gasteiger partial charge in [-0.1, -0.05) is 196 Å². The molecule has 5 aromatic heterocycles. The zero-order valence-electron chi connectivity index (χ0n) is 42.6. The molecule has 0 atom stereocenters. The Morgan fingerprint density at radius 1 is 0.333 bits per heavy atom. The lowest BCUT2D eigenvalue weighted by Crippen LogP contribution is -2.15. The van der Waals surface area contributed by atoms with Gasteiger partial charge in [-0.25, -0.2) is 15.0 Å². The second kappa shape index (κ2) is 17.1. The number of fused-ring (bicyclic) bond motifs is 13. The molecule has 1 aliphatic carbocycles. The standard InChI is InChI=1S/C70H45N7S/c1-70(2)55-35-33-46(38-52(55)53-39-54-49-28-13-15-30-59(49)76(61(54)40-56(53)70)68-71-57(42-19-6-3-7-20-42)41-58(72-68)43-21-8-4-9-22-43)45-25-18-26-47(37-45)67-73-66(44-23-10-5-11-24-44)74-69(75-67)77-60-31-16-12-27-48(60)50-34-36-63-64(65(50)77)51-29-14-17-32-62(51)78-63/h3-41H,1-2H3. The van der Waals surface area contributed by atoms with Crippen molar-refractivity contribution in [3.8, 4) is 79.4 Å². The van der Waals surface area contributed by atoms with Crippen molar-refractivity contribution in [2.24, 2.45) is 0 Å². The molecule has 5 heterocycles. The van der Waals surface area contributed by atoms with E-state index in [-0.39, 0.29) is 5.41 Å². The molecule has 0 fully saturated rings. The summed E-state index contributed by atoms with van der Waals surface area (Å²) in [7, 11) is 0. The van der Waals surface area contributed by atoms with Gasteiger partial charge in [-0.3, -0.25) is 9.13 Å². The SMILES string of the molecule is CC1(C)c2ccc(-c3cccc(-c4nc(-c5ccccc5)nc(-n5c6ccccc6c6ccc7sc8ccccc8c7c65)n4)c3)cc2-c2cc3c4ccccc4n(-c4nc(-c5ccccc5)cc(-c5ccccc5)n4)c3cc21. The summed E-state index contributed by atoms with van der Waals surface area (Å²) in [5.41, 5.74) is 16.9. The highest BCUT2D eigenvalue weighted by molar-refractivity contribution is 7.26. The molecule has 366 valence electrons. The summed E-state index contributed by atoms with van der Waals surface area (Å²) in [6.07, 6.45) is 0. The molecule has 0 bridgehead atoms. The van der Waals surface area contributed by atoms with Gasteiger partial charge in [0.05, 0.1) is 33.5 Å². The molecule has 78 heavy (non-hydrogen) atoms. The molecule has 0 saturated carbocycles. The molecule has 1 aliphatic rings. The lowest BCUT2D eigenvalue weighted by Gasteiger charge is -2.22. The van der Waals surface area contributed by atoms with Gasteiger partial charge in [0.15, 0.2) is 11.6 Å². The third kappa shape index (κ3) is 6.79. The summed E-state index contributed by atoms with van der Waals surface area (Å²) < 4.78 is 7.01. The maximum atomic E-state index is 5.44. The maximum absolute atomic E-state index is 5.44. The van der Waals surface area contributed by atoms with Gasteiger partial charge < -0.3 is 0 Å². The van der Waals surface area contributed by atoms with E-state index >= 15 is 0 Å². The van der Waals surface area contributed by atoms with Gasteiger partial charge in [-0.15, -0.1) is 11.3 Å². The fourth-order valence-electron chi connectivity index (χ4n) is 12.3. The van der Waals surface area contributed by atoms with Gasteiger partial charge >= 0.3 is 0 Å². The smallest absolute Gasteiger partial charge is 0.238 e. The predicted octanol–water partition coefficient (Wildman–Crippen LogP) is 17.9. The van der Waals surface area contributed by atoms with Crippen LogP contribution < -0.4 is 0 Å². The van der Waals surface area contributed by atoms with E-state index in [1.54, 1.807) is 0 Å². The molecular formula is C70H45N7S. The molecular weight excluding hydrogens is 971 g/mol. The molecule has 15 aromatic rings. The maximum Gasteiger partial charge on any atom is 0.238 e. The molecule has 10 aromatic carbocycles. The van der Waals surface area contributed by atoms with Crippen LogP contribution >= 0.6 is 11.3 Å². The minimum atomic E-state index is -0.286. The van der Waals surface area contributed by atoms with E-state index in [1.165, 1.54) is 47.8 Å². The molecule has 0 spiro atoms. The van der Waals surface area contributed by atoms with Crippen LogP contribution in [0.4, 0.5) is 0 Å². The minimum Gasteiger partial charge on any atom is -0.278 e. The van der Waals surface area contributed by atoms with Crippen LogP contribution in [-0.2, 0) is 5.41 Å². The fourth-order valence-corrected chi connectivity index (χ4v) is 13.4. The Morgan fingerprint density at radius 2 is 0.885 bits per heavy atom. The average Bonchev–Trinajstić information content (AvgIpc) is 4.18. The van der Waals surface area contributed by atoms with E-state index in [0.717, 1.165) is 83.0 Å². The molecule has 7 nitrogen and oxygen atoms in total. The Labute approximate surface area is 453 Å². The molecule has 0 aliphatic heterocycles. The third-order valence-corrected chi connectivity index (χ3v) is 17.1. The topological polar surface area (TPSA) is 74.3 Å². The van der Waals surface area contributed by atoms with Crippen molar-refractivity contribution in [3.63, 3.8) is 0 Å². The normalized spacial score (nSPS) is 12.8. The highest BCUT2D eigenvalue weighted by Crippen LogP contribution is 2.52. The highest BCUT2D eigenvalue weighted by atomic mass is 32.1. The van der Waals surface area contributed by atoms with Crippen LogP contribution in [0.2, 0.25) is 0 Å². The first-order chi connectivity index (χ1) is 38.4. The predicted molar refractivity (Wildman–Crippen MR) is 322 cm³/mol. The summed E-state index contributed by atoms with van der Waals surface area (Å²) >= 11 is 1.82. The summed E-state index contributed by atoms with van der Waals surface area (Å²) in [6, 6.07) is 84.1. The van der Waals surface area contributed by atoms with Crippen molar-refractivity contribution in [1.29, 1.82) is 0 Å². The highest BCUT2D eigenvalue weighted by Gasteiger charge is 2.37. The van der Waals surface area contributed by atoms with Crippen molar-refractivity contribution in [2.45, 2.75) is 19.3 Å². The molecule has 0 unspecified atom stereocenters. The number of nitrogens with zero attached hydrogens (tertiary/aromatic N) is 7. The first-order valence-corrected chi connectivity index (χ1v) is 27.2. The Morgan fingerprint density at radius 3 is 1.60 bits per heavy atom. The Hall–Kier alpha value is -9.89. The molecule has 8 heteroatoms. The van der Waals surface area contributed by atoms with Crippen LogP contribution in [0.25, 0.3) is 143 Å². The lowest BCUT2D eigenvalue weighted by atomic mass is 9.82. The van der Waals surface area contributed by atoms with Crippen LogP contribution in [0.3, 0.4) is 0 Å². The van der Waals surface area contributed by atoms with E-state index in [2.05, 4.69) is 229 Å². The average molecular weight is 1020 g/mol. The Bertz CT molecular complexity index is 4880. The zero-order valence-corrected chi connectivity index (χ0v) is 43.4.